The molecule has 0 fully saturated rings. The normalized spacial score (nSPS) is 12.6. The predicted octanol–water partition coefficient (Wildman–Crippen LogP) is 2.60. The minimum Gasteiger partial charge on any atom is -0.467 e. The second-order valence-corrected chi connectivity index (χ2v) is 6.18. The fraction of sp³-hybridized carbons (Fsp3) is 0.500. The van der Waals surface area contributed by atoms with Gasteiger partial charge in [-0.2, -0.15) is 24.9 Å². The highest BCUT2D eigenvalue weighted by molar-refractivity contribution is 7.98. The number of benzene rings is 1. The average molecular weight is 378 g/mol. The lowest BCUT2D eigenvalue weighted by molar-refractivity contribution is -0.172. The number of thioether (sulfide) groups is 1. The van der Waals surface area contributed by atoms with Gasteiger partial charge in [-0.25, -0.2) is 4.79 Å². The Morgan fingerprint density at radius 3 is 2.56 bits per heavy atom. The maximum atomic E-state index is 13.1. The molecule has 1 aromatic carbocycles. The minimum atomic E-state index is -5.11. The Morgan fingerprint density at radius 1 is 1.36 bits per heavy atom. The molecule has 0 radical (unpaired) electrons. The third-order valence-corrected chi connectivity index (χ3v) is 4.06. The smallest absolute Gasteiger partial charge is 0.467 e. The first kappa shape index (κ1) is 21.3. The molecule has 1 N–H and O–H groups in total. The number of carbonyl (C=O) groups excluding carboxylic acids is 2. The first-order valence-electron chi connectivity index (χ1n) is 7.47. The second-order valence-electron chi connectivity index (χ2n) is 5.19. The Bertz CT molecular complexity index is 596. The number of halogens is 3. The molecule has 0 spiro atoms. The quantitative estimate of drug-likeness (QED) is 0.705. The highest BCUT2D eigenvalue weighted by Crippen LogP contribution is 2.28. The van der Waals surface area contributed by atoms with Crippen molar-refractivity contribution in [1.82, 2.24) is 5.32 Å². The number of methoxy groups -OCH3 is 1. The highest BCUT2D eigenvalue weighted by atomic mass is 32.2. The molecule has 5 nitrogen and oxygen atoms in total. The van der Waals surface area contributed by atoms with Gasteiger partial charge >= 0.3 is 18.1 Å². The van der Waals surface area contributed by atoms with Gasteiger partial charge < -0.3 is 10.1 Å². The Kier molecular flexibility index (Phi) is 8.24. The molecular formula is C16H21F3N2O3S. The number of esters is 1. The second kappa shape index (κ2) is 9.67. The van der Waals surface area contributed by atoms with E-state index in [1.54, 1.807) is 25.4 Å². The molecule has 0 aliphatic carbocycles. The first-order chi connectivity index (χ1) is 11.8. The van der Waals surface area contributed by atoms with Crippen LogP contribution in [0.3, 0.4) is 0 Å². The van der Waals surface area contributed by atoms with E-state index in [0.717, 1.165) is 7.11 Å². The lowest BCUT2D eigenvalue weighted by Gasteiger charge is -2.30. The van der Waals surface area contributed by atoms with E-state index in [9.17, 15) is 22.8 Å². The third-order valence-electron chi connectivity index (χ3n) is 3.41. The number of anilines is 1. The molecule has 0 aromatic heterocycles. The Hall–Kier alpha value is -1.74. The summed E-state index contributed by atoms with van der Waals surface area (Å²) in [6.45, 7) is 0.412. The van der Waals surface area contributed by atoms with Crippen molar-refractivity contribution in [3.63, 3.8) is 0 Å². The Morgan fingerprint density at radius 2 is 2.04 bits per heavy atom. The van der Waals surface area contributed by atoms with Crippen LogP contribution in [0.25, 0.3) is 0 Å². The van der Waals surface area contributed by atoms with Crippen molar-refractivity contribution in [3.05, 3.63) is 29.8 Å². The molecule has 0 saturated heterocycles. The first-order valence-corrected chi connectivity index (χ1v) is 8.86. The monoisotopic (exact) mass is 378 g/mol. The zero-order chi connectivity index (χ0) is 19.0. The maximum absolute atomic E-state index is 13.1. The number of hydrogen-bond acceptors (Lipinski definition) is 5. The average Bonchev–Trinajstić information content (AvgIpc) is 2.57. The van der Waals surface area contributed by atoms with Gasteiger partial charge in [0, 0.05) is 12.2 Å². The molecule has 1 rings (SSSR count). The molecule has 25 heavy (non-hydrogen) atoms. The van der Waals surface area contributed by atoms with E-state index in [2.05, 4.69) is 10.1 Å². The molecule has 0 bridgehead atoms. The topological polar surface area (TPSA) is 58.6 Å². The molecule has 1 amide bonds. The number of nitrogens with one attached hydrogen (secondary N) is 1. The van der Waals surface area contributed by atoms with Crippen molar-refractivity contribution >= 4 is 29.3 Å². The van der Waals surface area contributed by atoms with Gasteiger partial charge in [0.2, 0.25) is 0 Å². The SMILES string of the molecule is CNCc1cccc(N(C(=O)C(F)(F)F)[C@@H](CCSC)C(=O)OC)c1. The van der Waals surface area contributed by atoms with Crippen LogP contribution in [0.2, 0.25) is 0 Å². The Balaban J connectivity index is 3.38. The summed E-state index contributed by atoms with van der Waals surface area (Å²) < 4.78 is 44.0. The van der Waals surface area contributed by atoms with Gasteiger partial charge in [-0.3, -0.25) is 9.69 Å². The minimum absolute atomic E-state index is 0.00609. The predicted molar refractivity (Wildman–Crippen MR) is 91.5 cm³/mol. The van der Waals surface area contributed by atoms with E-state index in [1.165, 1.54) is 23.9 Å². The van der Waals surface area contributed by atoms with Crippen molar-refractivity contribution in [1.29, 1.82) is 0 Å². The molecule has 0 aliphatic heterocycles. The summed E-state index contributed by atoms with van der Waals surface area (Å²) in [6, 6.07) is 4.73. The fourth-order valence-corrected chi connectivity index (χ4v) is 2.77. The molecule has 0 heterocycles. The summed E-state index contributed by atoms with van der Waals surface area (Å²) in [5.41, 5.74) is 0.694. The summed E-state index contributed by atoms with van der Waals surface area (Å²) in [7, 11) is 2.78. The highest BCUT2D eigenvalue weighted by Gasteiger charge is 2.47. The summed E-state index contributed by atoms with van der Waals surface area (Å²) >= 11 is 1.36. The molecule has 0 unspecified atom stereocenters. The van der Waals surface area contributed by atoms with Crippen LogP contribution in [-0.4, -0.2) is 50.3 Å². The van der Waals surface area contributed by atoms with E-state index in [-0.39, 0.29) is 12.1 Å². The summed E-state index contributed by atoms with van der Waals surface area (Å²) in [4.78, 5) is 24.6. The largest absolute Gasteiger partial charge is 0.471 e. The summed E-state index contributed by atoms with van der Waals surface area (Å²) in [5, 5.41) is 2.89. The molecule has 1 aromatic rings. The third kappa shape index (κ3) is 5.93. The number of alkyl halides is 3. The van der Waals surface area contributed by atoms with Gasteiger partial charge in [-0.1, -0.05) is 12.1 Å². The zero-order valence-corrected chi connectivity index (χ0v) is 15.0. The number of hydrogen-bond donors (Lipinski definition) is 1. The van der Waals surface area contributed by atoms with Crippen LogP contribution in [0.15, 0.2) is 24.3 Å². The van der Waals surface area contributed by atoms with Gasteiger partial charge in [-0.15, -0.1) is 0 Å². The van der Waals surface area contributed by atoms with Crippen molar-refractivity contribution in [2.75, 3.05) is 31.1 Å². The van der Waals surface area contributed by atoms with Crippen LogP contribution < -0.4 is 10.2 Å². The van der Waals surface area contributed by atoms with E-state index in [4.69, 9.17) is 0 Å². The van der Waals surface area contributed by atoms with Gasteiger partial charge in [0.05, 0.1) is 7.11 Å². The molecule has 1 atom stereocenters. The van der Waals surface area contributed by atoms with Crippen LogP contribution >= 0.6 is 11.8 Å². The van der Waals surface area contributed by atoms with Crippen molar-refractivity contribution < 1.29 is 27.5 Å². The summed E-state index contributed by atoms with van der Waals surface area (Å²) in [6.07, 6.45) is -3.30. The number of ether oxygens (including phenoxy) is 1. The lowest BCUT2D eigenvalue weighted by Crippen LogP contribution is -2.51. The molecule has 0 aliphatic rings. The summed E-state index contributed by atoms with van der Waals surface area (Å²) in [5.74, 6) is -2.58. The van der Waals surface area contributed by atoms with E-state index >= 15 is 0 Å². The molecule has 140 valence electrons. The van der Waals surface area contributed by atoms with Gasteiger partial charge in [0.1, 0.15) is 6.04 Å². The molecule has 0 saturated carbocycles. The van der Waals surface area contributed by atoms with Crippen molar-refractivity contribution in [2.24, 2.45) is 0 Å². The number of amides is 1. The van der Waals surface area contributed by atoms with Crippen LogP contribution in [0, 0.1) is 0 Å². The van der Waals surface area contributed by atoms with Gasteiger partial charge in [-0.05, 0) is 43.2 Å². The van der Waals surface area contributed by atoms with Gasteiger partial charge in [0.25, 0.3) is 0 Å². The fourth-order valence-electron chi connectivity index (χ4n) is 2.31. The van der Waals surface area contributed by atoms with Crippen LogP contribution in [0.1, 0.15) is 12.0 Å². The standard InChI is InChI=1S/C16H21F3N2O3S/c1-20-10-11-5-4-6-12(9-11)21(15(23)16(17,18)19)13(7-8-25-3)14(22)24-2/h4-6,9,13,20H,7-8,10H2,1-3H3/t13-/m0/s1. The van der Waals surface area contributed by atoms with E-state index in [0.29, 0.717) is 22.8 Å². The maximum Gasteiger partial charge on any atom is 0.471 e. The van der Waals surface area contributed by atoms with Gasteiger partial charge in [0.15, 0.2) is 0 Å². The van der Waals surface area contributed by atoms with Crippen molar-refractivity contribution in [2.45, 2.75) is 25.2 Å². The van der Waals surface area contributed by atoms with Crippen LogP contribution in [-0.2, 0) is 20.9 Å². The van der Waals surface area contributed by atoms with Crippen LogP contribution in [0.4, 0.5) is 18.9 Å². The number of nitrogens with zero attached hydrogens (tertiary/aromatic N) is 1. The molecule has 9 heteroatoms. The zero-order valence-electron chi connectivity index (χ0n) is 14.2. The van der Waals surface area contributed by atoms with E-state index < -0.39 is 24.1 Å². The number of rotatable bonds is 8. The van der Waals surface area contributed by atoms with Crippen molar-refractivity contribution in [3.8, 4) is 0 Å². The van der Waals surface area contributed by atoms with E-state index in [1.807, 2.05) is 0 Å². The number of carbonyl (C=O) groups is 2. The molecular weight excluding hydrogens is 357 g/mol. The van der Waals surface area contributed by atoms with Crippen LogP contribution in [0.5, 0.6) is 0 Å². The Labute approximate surface area is 148 Å². The lowest BCUT2D eigenvalue weighted by atomic mass is 10.1.